The Morgan fingerprint density at radius 1 is 1.20 bits per heavy atom. The highest BCUT2D eigenvalue weighted by atomic mass is 32.2. The number of thioether (sulfide) groups is 1. The quantitative estimate of drug-likeness (QED) is 0.786. The number of hydrogen-bond acceptors (Lipinski definition) is 6. The molecule has 4 rings (SSSR count). The van der Waals surface area contributed by atoms with Crippen molar-refractivity contribution in [3.05, 3.63) is 42.1 Å². The lowest BCUT2D eigenvalue weighted by atomic mass is 10.2. The highest BCUT2D eigenvalue weighted by Gasteiger charge is 2.35. The van der Waals surface area contributed by atoms with Gasteiger partial charge in [0.05, 0.1) is 24.5 Å². The number of aromatic nitrogens is 2. The molecule has 1 aromatic carbocycles. The summed E-state index contributed by atoms with van der Waals surface area (Å²) in [5, 5.41) is 16.5. The Kier molecular flexibility index (Phi) is 6.35. The summed E-state index contributed by atoms with van der Waals surface area (Å²) < 4.78 is 1.55. The number of benzene rings is 1. The number of para-hydroxylation sites is 1. The van der Waals surface area contributed by atoms with Crippen molar-refractivity contribution in [2.75, 3.05) is 43.0 Å². The van der Waals surface area contributed by atoms with E-state index in [1.54, 1.807) is 4.68 Å². The van der Waals surface area contributed by atoms with Crippen LogP contribution >= 0.6 is 11.8 Å². The van der Waals surface area contributed by atoms with E-state index in [-0.39, 0.29) is 24.4 Å². The molecule has 1 N–H and O–H groups in total. The first-order valence-corrected chi connectivity index (χ1v) is 11.3. The SMILES string of the molecule is N#Cc1cnn(-c2ccccc2)c1NC(=O)CN1CCCC1C(=O)N1CCSCC1. The fourth-order valence-corrected chi connectivity index (χ4v) is 4.86. The Bertz CT molecular complexity index is 948. The van der Waals surface area contributed by atoms with Crippen LogP contribution in [0.1, 0.15) is 18.4 Å². The predicted molar refractivity (Wildman–Crippen MR) is 115 cm³/mol. The van der Waals surface area contributed by atoms with Crippen LogP contribution in [0.3, 0.4) is 0 Å². The summed E-state index contributed by atoms with van der Waals surface area (Å²) in [5.41, 5.74) is 1.05. The van der Waals surface area contributed by atoms with Crippen LogP contribution in [0.15, 0.2) is 36.5 Å². The zero-order valence-electron chi connectivity index (χ0n) is 16.7. The monoisotopic (exact) mass is 424 g/mol. The smallest absolute Gasteiger partial charge is 0.239 e. The first kappa shape index (κ1) is 20.4. The van der Waals surface area contributed by atoms with E-state index >= 15 is 0 Å². The van der Waals surface area contributed by atoms with Gasteiger partial charge in [0, 0.05) is 24.6 Å². The molecule has 1 aromatic heterocycles. The van der Waals surface area contributed by atoms with E-state index in [1.165, 1.54) is 6.20 Å². The Balaban J connectivity index is 1.45. The van der Waals surface area contributed by atoms with Crippen LogP contribution in [0.25, 0.3) is 5.69 Å². The third kappa shape index (κ3) is 4.35. The van der Waals surface area contributed by atoms with Gasteiger partial charge in [-0.1, -0.05) is 18.2 Å². The van der Waals surface area contributed by atoms with Gasteiger partial charge in [-0.2, -0.15) is 22.1 Å². The normalized spacial score (nSPS) is 19.4. The fourth-order valence-electron chi connectivity index (χ4n) is 3.96. The minimum Gasteiger partial charge on any atom is -0.340 e. The maximum atomic E-state index is 12.9. The largest absolute Gasteiger partial charge is 0.340 e. The Labute approximate surface area is 179 Å². The number of amides is 2. The van der Waals surface area contributed by atoms with Gasteiger partial charge in [0.15, 0.2) is 5.82 Å². The molecule has 9 heteroatoms. The van der Waals surface area contributed by atoms with Gasteiger partial charge < -0.3 is 10.2 Å². The number of carbonyl (C=O) groups excluding carboxylic acids is 2. The van der Waals surface area contributed by atoms with Crippen molar-refractivity contribution in [2.24, 2.45) is 0 Å². The molecule has 0 saturated carbocycles. The van der Waals surface area contributed by atoms with Crippen molar-refractivity contribution >= 4 is 29.4 Å². The summed E-state index contributed by atoms with van der Waals surface area (Å²) in [6, 6.07) is 11.2. The predicted octanol–water partition coefficient (Wildman–Crippen LogP) is 1.72. The number of nitrogens with zero attached hydrogens (tertiary/aromatic N) is 5. The van der Waals surface area contributed by atoms with Gasteiger partial charge in [-0.3, -0.25) is 14.5 Å². The minimum absolute atomic E-state index is 0.115. The molecule has 1 atom stereocenters. The first-order valence-electron chi connectivity index (χ1n) is 10.1. The number of carbonyl (C=O) groups is 2. The van der Waals surface area contributed by atoms with Crippen LogP contribution in [0.5, 0.6) is 0 Å². The van der Waals surface area contributed by atoms with Crippen molar-refractivity contribution in [2.45, 2.75) is 18.9 Å². The average Bonchev–Trinajstić information content (AvgIpc) is 3.41. The molecule has 8 nitrogen and oxygen atoms in total. The molecule has 0 bridgehead atoms. The molecule has 1 unspecified atom stereocenters. The molecule has 0 spiro atoms. The molecule has 0 aliphatic carbocycles. The molecule has 2 aliphatic rings. The standard InChI is InChI=1S/C21H24N6O2S/c22-13-16-14-23-27(17-5-2-1-3-6-17)20(16)24-19(28)15-26-8-4-7-18(26)21(29)25-9-11-30-12-10-25/h1-3,5-6,14,18H,4,7-12,15H2,(H,24,28). The zero-order valence-corrected chi connectivity index (χ0v) is 17.5. The molecular formula is C21H24N6O2S. The third-order valence-electron chi connectivity index (χ3n) is 5.47. The molecule has 2 aliphatic heterocycles. The first-order chi connectivity index (χ1) is 14.7. The summed E-state index contributed by atoms with van der Waals surface area (Å²) in [4.78, 5) is 29.6. The molecular weight excluding hydrogens is 400 g/mol. The van der Waals surface area contributed by atoms with Gasteiger partial charge in [-0.25, -0.2) is 4.68 Å². The average molecular weight is 425 g/mol. The van der Waals surface area contributed by atoms with Crippen molar-refractivity contribution in [3.63, 3.8) is 0 Å². The van der Waals surface area contributed by atoms with Gasteiger partial charge >= 0.3 is 0 Å². The molecule has 156 valence electrons. The summed E-state index contributed by atoms with van der Waals surface area (Å²) in [6.45, 7) is 2.39. The summed E-state index contributed by atoms with van der Waals surface area (Å²) in [7, 11) is 0. The highest BCUT2D eigenvalue weighted by molar-refractivity contribution is 7.99. The van der Waals surface area contributed by atoms with E-state index in [0.717, 1.165) is 49.7 Å². The number of hydrogen-bond donors (Lipinski definition) is 1. The number of nitrogens with one attached hydrogen (secondary N) is 1. The Hall–Kier alpha value is -2.83. The molecule has 0 radical (unpaired) electrons. The van der Waals surface area contributed by atoms with E-state index in [0.29, 0.717) is 11.4 Å². The number of nitriles is 1. The lowest BCUT2D eigenvalue weighted by Gasteiger charge is -2.32. The number of likely N-dealkylation sites (tertiary alicyclic amines) is 1. The van der Waals surface area contributed by atoms with Gasteiger partial charge in [0.1, 0.15) is 11.6 Å². The van der Waals surface area contributed by atoms with E-state index in [9.17, 15) is 14.9 Å². The Morgan fingerprint density at radius 3 is 2.70 bits per heavy atom. The van der Waals surface area contributed by atoms with Crippen molar-refractivity contribution < 1.29 is 9.59 Å². The molecule has 2 amide bonds. The van der Waals surface area contributed by atoms with Gasteiger partial charge in [-0.05, 0) is 31.5 Å². The lowest BCUT2D eigenvalue weighted by Crippen LogP contribution is -2.50. The lowest BCUT2D eigenvalue weighted by molar-refractivity contribution is -0.136. The summed E-state index contributed by atoms with van der Waals surface area (Å²) >= 11 is 1.87. The second-order valence-electron chi connectivity index (χ2n) is 7.38. The van der Waals surface area contributed by atoms with Crippen LogP contribution in [0.2, 0.25) is 0 Å². The maximum absolute atomic E-state index is 12.9. The van der Waals surface area contributed by atoms with E-state index < -0.39 is 0 Å². The fraction of sp³-hybridized carbons (Fsp3) is 0.429. The summed E-state index contributed by atoms with van der Waals surface area (Å²) in [6.07, 6.45) is 3.12. The molecule has 2 fully saturated rings. The highest BCUT2D eigenvalue weighted by Crippen LogP contribution is 2.23. The van der Waals surface area contributed by atoms with Crippen LogP contribution in [0, 0.1) is 11.3 Å². The zero-order chi connectivity index (χ0) is 20.9. The topological polar surface area (TPSA) is 94.3 Å². The van der Waals surface area contributed by atoms with Crippen LogP contribution in [-0.2, 0) is 9.59 Å². The van der Waals surface area contributed by atoms with E-state index in [4.69, 9.17) is 0 Å². The van der Waals surface area contributed by atoms with E-state index in [1.807, 2.05) is 51.9 Å². The molecule has 2 saturated heterocycles. The van der Waals surface area contributed by atoms with Crippen LogP contribution in [-0.4, -0.2) is 75.1 Å². The number of anilines is 1. The molecule has 3 heterocycles. The van der Waals surface area contributed by atoms with Gasteiger partial charge in [-0.15, -0.1) is 0 Å². The second-order valence-corrected chi connectivity index (χ2v) is 8.61. The van der Waals surface area contributed by atoms with Crippen LogP contribution in [0.4, 0.5) is 5.82 Å². The minimum atomic E-state index is -0.252. The van der Waals surface area contributed by atoms with Crippen molar-refractivity contribution in [1.82, 2.24) is 19.6 Å². The summed E-state index contributed by atoms with van der Waals surface area (Å²) in [5.74, 6) is 2.17. The second kappa shape index (κ2) is 9.32. The third-order valence-corrected chi connectivity index (χ3v) is 6.41. The maximum Gasteiger partial charge on any atom is 0.239 e. The molecule has 30 heavy (non-hydrogen) atoms. The van der Waals surface area contributed by atoms with Gasteiger partial charge in [0.2, 0.25) is 11.8 Å². The number of rotatable bonds is 5. The van der Waals surface area contributed by atoms with Crippen molar-refractivity contribution in [1.29, 1.82) is 5.26 Å². The van der Waals surface area contributed by atoms with E-state index in [2.05, 4.69) is 16.5 Å². The Morgan fingerprint density at radius 2 is 1.97 bits per heavy atom. The molecule has 2 aromatic rings. The van der Waals surface area contributed by atoms with Crippen molar-refractivity contribution in [3.8, 4) is 11.8 Å². The van der Waals surface area contributed by atoms with Crippen LogP contribution < -0.4 is 5.32 Å². The van der Waals surface area contributed by atoms with Gasteiger partial charge in [0.25, 0.3) is 0 Å².